The Hall–Kier alpha value is -4.66. The van der Waals surface area contributed by atoms with Crippen molar-refractivity contribution in [3.05, 3.63) is 83.4 Å². The fraction of sp³-hybridized carbons (Fsp3) is 0.154. The number of nitrogens with zero attached hydrogens (tertiary/aromatic N) is 1. The Balaban J connectivity index is 1.52. The first-order chi connectivity index (χ1) is 16.9. The normalized spacial score (nSPS) is 10.5. The number of ether oxygens (including phenoxy) is 2. The van der Waals surface area contributed by atoms with Crippen molar-refractivity contribution in [2.24, 2.45) is 5.10 Å². The second-order valence-corrected chi connectivity index (χ2v) is 7.58. The van der Waals surface area contributed by atoms with Crippen molar-refractivity contribution in [2.75, 3.05) is 24.4 Å². The van der Waals surface area contributed by atoms with Crippen molar-refractivity contribution >= 4 is 35.3 Å². The molecule has 9 heteroatoms. The van der Waals surface area contributed by atoms with Crippen LogP contribution < -0.4 is 25.5 Å². The summed E-state index contributed by atoms with van der Waals surface area (Å²) in [6.07, 6.45) is 1.36. The van der Waals surface area contributed by atoms with E-state index in [2.05, 4.69) is 21.2 Å². The second kappa shape index (κ2) is 12.0. The molecule has 0 unspecified atom stereocenters. The maximum atomic E-state index is 12.2. The number of hydrogen-bond donors (Lipinski definition) is 3. The van der Waals surface area contributed by atoms with E-state index in [0.29, 0.717) is 28.4 Å². The lowest BCUT2D eigenvalue weighted by Crippen LogP contribution is -2.32. The Bertz CT molecular complexity index is 1240. The lowest BCUT2D eigenvalue weighted by Gasteiger charge is -2.11. The fourth-order valence-electron chi connectivity index (χ4n) is 2.97. The van der Waals surface area contributed by atoms with Crippen LogP contribution in [0, 0.1) is 13.8 Å². The summed E-state index contributed by atoms with van der Waals surface area (Å²) in [5.41, 5.74) is 5.92. The van der Waals surface area contributed by atoms with Gasteiger partial charge in [-0.3, -0.25) is 14.4 Å². The Morgan fingerprint density at radius 3 is 2.34 bits per heavy atom. The molecule has 3 aromatic rings. The molecule has 35 heavy (non-hydrogen) atoms. The van der Waals surface area contributed by atoms with Crippen molar-refractivity contribution in [1.82, 2.24) is 5.43 Å². The highest BCUT2D eigenvalue weighted by Crippen LogP contribution is 2.27. The van der Waals surface area contributed by atoms with Crippen LogP contribution in [-0.2, 0) is 14.4 Å². The number of methoxy groups -OCH3 is 1. The topological polar surface area (TPSA) is 118 Å². The standard InChI is InChI=1S/C26H26N4O5/c1-17-8-11-20(12-9-17)28-24(31)16-35-22-13-10-19(14-23(22)34-3)15-27-30-26(33)25(32)29-21-7-5-4-6-18(21)2/h4-15H,16H2,1-3H3,(H,28,31)(H,29,32)(H,30,33)/b27-15-. The molecule has 0 fully saturated rings. The molecule has 0 aliphatic carbocycles. The summed E-state index contributed by atoms with van der Waals surface area (Å²) < 4.78 is 10.9. The molecule has 0 saturated carbocycles. The van der Waals surface area contributed by atoms with Crippen LogP contribution >= 0.6 is 0 Å². The molecule has 0 saturated heterocycles. The largest absolute Gasteiger partial charge is 0.493 e. The molecule has 3 N–H and O–H groups in total. The molecule has 3 amide bonds. The monoisotopic (exact) mass is 474 g/mol. The van der Waals surface area contributed by atoms with E-state index >= 15 is 0 Å². The Morgan fingerprint density at radius 2 is 1.63 bits per heavy atom. The van der Waals surface area contributed by atoms with Gasteiger partial charge in [-0.1, -0.05) is 35.9 Å². The fourth-order valence-corrected chi connectivity index (χ4v) is 2.97. The smallest absolute Gasteiger partial charge is 0.329 e. The molecule has 0 spiro atoms. The van der Waals surface area contributed by atoms with E-state index in [1.807, 2.05) is 50.2 Å². The molecule has 9 nitrogen and oxygen atoms in total. The second-order valence-electron chi connectivity index (χ2n) is 7.58. The zero-order valence-electron chi connectivity index (χ0n) is 19.6. The number of hydrazone groups is 1. The first-order valence-electron chi connectivity index (χ1n) is 10.7. The molecule has 0 radical (unpaired) electrons. The molecule has 0 heterocycles. The molecule has 0 aliphatic heterocycles. The molecule has 0 atom stereocenters. The van der Waals surface area contributed by atoms with Crippen molar-refractivity contribution in [3.8, 4) is 11.5 Å². The number of amides is 3. The zero-order chi connectivity index (χ0) is 25.2. The molecule has 0 aromatic heterocycles. The Kier molecular flexibility index (Phi) is 8.55. The minimum absolute atomic E-state index is 0.205. The first-order valence-corrected chi connectivity index (χ1v) is 10.7. The summed E-state index contributed by atoms with van der Waals surface area (Å²) >= 11 is 0. The minimum atomic E-state index is -0.906. The van der Waals surface area contributed by atoms with Gasteiger partial charge in [0.2, 0.25) is 0 Å². The van der Waals surface area contributed by atoms with Crippen molar-refractivity contribution in [1.29, 1.82) is 0 Å². The number of benzene rings is 3. The third-order valence-corrected chi connectivity index (χ3v) is 4.86. The average Bonchev–Trinajstić information content (AvgIpc) is 2.85. The molecule has 0 aliphatic rings. The van der Waals surface area contributed by atoms with Gasteiger partial charge in [-0.15, -0.1) is 0 Å². The molecule has 0 bridgehead atoms. The summed E-state index contributed by atoms with van der Waals surface area (Å²) in [7, 11) is 1.47. The van der Waals surface area contributed by atoms with E-state index in [1.165, 1.54) is 13.3 Å². The highest BCUT2D eigenvalue weighted by molar-refractivity contribution is 6.39. The average molecular weight is 475 g/mol. The van der Waals surface area contributed by atoms with Crippen LogP contribution in [-0.4, -0.2) is 37.7 Å². The Labute approximate surface area is 203 Å². The van der Waals surface area contributed by atoms with Gasteiger partial charge in [0.15, 0.2) is 18.1 Å². The van der Waals surface area contributed by atoms with Gasteiger partial charge in [0.05, 0.1) is 13.3 Å². The predicted molar refractivity (Wildman–Crippen MR) is 134 cm³/mol. The van der Waals surface area contributed by atoms with Gasteiger partial charge in [0.25, 0.3) is 5.91 Å². The van der Waals surface area contributed by atoms with E-state index < -0.39 is 11.8 Å². The quantitative estimate of drug-likeness (QED) is 0.263. The number of hydrogen-bond acceptors (Lipinski definition) is 6. The Morgan fingerprint density at radius 1 is 0.886 bits per heavy atom. The number of carbonyl (C=O) groups is 3. The molecule has 3 aromatic carbocycles. The molecular formula is C26H26N4O5. The van der Waals surface area contributed by atoms with Gasteiger partial charge >= 0.3 is 11.8 Å². The van der Waals surface area contributed by atoms with Crippen LogP contribution in [0.5, 0.6) is 11.5 Å². The van der Waals surface area contributed by atoms with Crippen LogP contribution in [0.4, 0.5) is 11.4 Å². The van der Waals surface area contributed by atoms with E-state index in [1.54, 1.807) is 30.3 Å². The zero-order valence-corrected chi connectivity index (χ0v) is 19.6. The number of nitrogens with one attached hydrogen (secondary N) is 3. The number of anilines is 2. The van der Waals surface area contributed by atoms with E-state index in [0.717, 1.165) is 11.1 Å². The first kappa shape index (κ1) is 25.0. The lowest BCUT2D eigenvalue weighted by molar-refractivity contribution is -0.136. The molecule has 180 valence electrons. The number of rotatable bonds is 8. The van der Waals surface area contributed by atoms with E-state index in [4.69, 9.17) is 9.47 Å². The highest BCUT2D eigenvalue weighted by Gasteiger charge is 2.14. The summed E-state index contributed by atoms with van der Waals surface area (Å²) in [5, 5.41) is 9.10. The van der Waals surface area contributed by atoms with Gasteiger partial charge in [0.1, 0.15) is 0 Å². The predicted octanol–water partition coefficient (Wildman–Crippen LogP) is 3.42. The van der Waals surface area contributed by atoms with Gasteiger partial charge in [-0.2, -0.15) is 5.10 Å². The summed E-state index contributed by atoms with van der Waals surface area (Å²) in [6, 6.07) is 19.4. The van der Waals surface area contributed by atoms with Crippen LogP contribution in [0.2, 0.25) is 0 Å². The van der Waals surface area contributed by atoms with Crippen molar-refractivity contribution < 1.29 is 23.9 Å². The highest BCUT2D eigenvalue weighted by atomic mass is 16.5. The lowest BCUT2D eigenvalue weighted by atomic mass is 10.2. The van der Waals surface area contributed by atoms with Gasteiger partial charge in [-0.25, -0.2) is 5.43 Å². The SMILES string of the molecule is COc1cc(/C=N\NC(=O)C(=O)Nc2ccccc2C)ccc1OCC(=O)Nc1ccc(C)cc1. The third-order valence-electron chi connectivity index (χ3n) is 4.86. The number of aryl methyl sites for hydroxylation is 2. The molecular weight excluding hydrogens is 448 g/mol. The van der Waals surface area contributed by atoms with Crippen molar-refractivity contribution in [2.45, 2.75) is 13.8 Å². The minimum Gasteiger partial charge on any atom is -0.493 e. The maximum Gasteiger partial charge on any atom is 0.329 e. The van der Waals surface area contributed by atoms with Crippen LogP contribution in [0.25, 0.3) is 0 Å². The van der Waals surface area contributed by atoms with Crippen LogP contribution in [0.15, 0.2) is 71.8 Å². The number of carbonyl (C=O) groups excluding carboxylic acids is 3. The van der Waals surface area contributed by atoms with E-state index in [-0.39, 0.29) is 12.5 Å². The number of para-hydroxylation sites is 1. The van der Waals surface area contributed by atoms with E-state index in [9.17, 15) is 14.4 Å². The van der Waals surface area contributed by atoms with Gasteiger partial charge < -0.3 is 20.1 Å². The molecule has 3 rings (SSSR count). The summed E-state index contributed by atoms with van der Waals surface area (Å²) in [5.74, 6) is -1.31. The van der Waals surface area contributed by atoms with Crippen LogP contribution in [0.3, 0.4) is 0 Å². The summed E-state index contributed by atoms with van der Waals surface area (Å²) in [4.78, 5) is 36.2. The van der Waals surface area contributed by atoms with Crippen LogP contribution in [0.1, 0.15) is 16.7 Å². The van der Waals surface area contributed by atoms with Crippen molar-refractivity contribution in [3.63, 3.8) is 0 Å². The van der Waals surface area contributed by atoms with Gasteiger partial charge in [0, 0.05) is 11.4 Å². The third kappa shape index (κ3) is 7.43. The summed E-state index contributed by atoms with van der Waals surface area (Å²) in [6.45, 7) is 3.58. The maximum absolute atomic E-state index is 12.2. The van der Waals surface area contributed by atoms with Gasteiger partial charge in [-0.05, 0) is 61.4 Å².